The molecule has 7 heteroatoms. The minimum absolute atomic E-state index is 0. The van der Waals surface area contributed by atoms with Crippen LogP contribution in [-0.2, 0) is 16.8 Å². The molecule has 2 heterocycles. The Bertz CT molecular complexity index is 955. The summed E-state index contributed by atoms with van der Waals surface area (Å²) in [4.78, 5) is 13.1. The number of aliphatic carboxylic acids is 1. The fourth-order valence-corrected chi connectivity index (χ4v) is 4.98. The van der Waals surface area contributed by atoms with Crippen molar-refractivity contribution in [1.82, 2.24) is 4.90 Å². The van der Waals surface area contributed by atoms with Gasteiger partial charge in [0.15, 0.2) is 0 Å². The van der Waals surface area contributed by atoms with Gasteiger partial charge in [0.25, 0.3) is 0 Å². The molecule has 1 fully saturated rings. The highest BCUT2D eigenvalue weighted by atomic mass is 35.5. The number of rotatable bonds is 7. The Morgan fingerprint density at radius 3 is 2.69 bits per heavy atom. The molecule has 5 nitrogen and oxygen atoms in total. The van der Waals surface area contributed by atoms with Gasteiger partial charge in [-0.05, 0) is 49.5 Å². The summed E-state index contributed by atoms with van der Waals surface area (Å²) in [5.74, 6) is 1.32. The number of halogens is 2. The quantitative estimate of drug-likeness (QED) is 0.554. The van der Waals surface area contributed by atoms with E-state index in [-0.39, 0.29) is 24.2 Å². The molecule has 2 aromatic carbocycles. The molecule has 2 aliphatic rings. The number of ether oxygens (including phenoxy) is 2. The molecule has 0 radical (unpaired) electrons. The summed E-state index contributed by atoms with van der Waals surface area (Å²) >= 11 is 6.44. The summed E-state index contributed by atoms with van der Waals surface area (Å²) in [6.45, 7) is 7.84. The summed E-state index contributed by atoms with van der Waals surface area (Å²) in [5, 5.41) is 9.65. The standard InChI is InChI=1S/C25H30ClNO4.ClH/c1-17(2)19-4-3-5-22(26)20(19)15-30-18-6-7-21-23(14-18)31-16-25(21)9-12-27(13-10-25)11-8-24(28)29;/h3-7,14,17H,8-13,15-16H2,1-2H3,(H,28,29);1H. The molecule has 174 valence electrons. The van der Waals surface area contributed by atoms with E-state index in [1.54, 1.807) is 0 Å². The second-order valence-electron chi connectivity index (χ2n) is 8.96. The summed E-state index contributed by atoms with van der Waals surface area (Å²) in [7, 11) is 0. The second kappa shape index (κ2) is 10.3. The van der Waals surface area contributed by atoms with Crippen LogP contribution in [0.3, 0.4) is 0 Å². The largest absolute Gasteiger partial charge is 0.492 e. The summed E-state index contributed by atoms with van der Waals surface area (Å²) in [6.07, 6.45) is 2.17. The molecule has 2 aromatic rings. The Morgan fingerprint density at radius 1 is 1.25 bits per heavy atom. The van der Waals surface area contributed by atoms with Gasteiger partial charge < -0.3 is 19.5 Å². The van der Waals surface area contributed by atoms with Crippen LogP contribution >= 0.6 is 24.0 Å². The van der Waals surface area contributed by atoms with E-state index in [2.05, 4.69) is 30.9 Å². The maximum absolute atomic E-state index is 10.8. The van der Waals surface area contributed by atoms with Crippen LogP contribution in [-0.4, -0.2) is 42.2 Å². The van der Waals surface area contributed by atoms with Crippen LogP contribution in [0.25, 0.3) is 0 Å². The third-order valence-corrected chi connectivity index (χ3v) is 7.00. The Morgan fingerprint density at radius 2 is 2.00 bits per heavy atom. The summed E-state index contributed by atoms with van der Waals surface area (Å²) in [5.41, 5.74) is 3.52. The number of likely N-dealkylation sites (tertiary alicyclic amines) is 1. The lowest BCUT2D eigenvalue weighted by Gasteiger charge is -2.38. The first-order chi connectivity index (χ1) is 14.9. The van der Waals surface area contributed by atoms with Crippen LogP contribution in [0.1, 0.15) is 55.7 Å². The van der Waals surface area contributed by atoms with Crippen LogP contribution < -0.4 is 9.47 Å². The average molecular weight is 480 g/mol. The topological polar surface area (TPSA) is 59.0 Å². The first-order valence-corrected chi connectivity index (χ1v) is 11.4. The van der Waals surface area contributed by atoms with Gasteiger partial charge in [0.2, 0.25) is 0 Å². The number of nitrogens with zero attached hydrogens (tertiary/aromatic N) is 1. The normalized spacial score (nSPS) is 17.0. The highest BCUT2D eigenvalue weighted by molar-refractivity contribution is 6.31. The highest BCUT2D eigenvalue weighted by Crippen LogP contribution is 2.46. The molecular weight excluding hydrogens is 449 g/mol. The van der Waals surface area contributed by atoms with Crippen molar-refractivity contribution in [1.29, 1.82) is 0 Å². The van der Waals surface area contributed by atoms with E-state index < -0.39 is 5.97 Å². The van der Waals surface area contributed by atoms with Gasteiger partial charge in [0.05, 0.1) is 13.0 Å². The second-order valence-corrected chi connectivity index (χ2v) is 9.37. The van der Waals surface area contributed by atoms with E-state index in [1.165, 1.54) is 11.1 Å². The van der Waals surface area contributed by atoms with Crippen molar-refractivity contribution in [2.45, 2.75) is 51.0 Å². The molecule has 0 amide bonds. The first kappa shape index (κ1) is 24.7. The molecule has 1 saturated heterocycles. The van der Waals surface area contributed by atoms with E-state index in [0.717, 1.165) is 48.0 Å². The van der Waals surface area contributed by atoms with Crippen LogP contribution in [0.4, 0.5) is 0 Å². The molecule has 4 rings (SSSR count). The lowest BCUT2D eigenvalue weighted by molar-refractivity contribution is -0.137. The monoisotopic (exact) mass is 479 g/mol. The smallest absolute Gasteiger partial charge is 0.304 e. The van der Waals surface area contributed by atoms with Gasteiger partial charge >= 0.3 is 5.97 Å². The van der Waals surface area contributed by atoms with Crippen molar-refractivity contribution in [3.05, 3.63) is 58.1 Å². The zero-order valence-electron chi connectivity index (χ0n) is 18.6. The molecular formula is C25H31Cl2NO4. The zero-order chi connectivity index (χ0) is 22.0. The number of hydrogen-bond acceptors (Lipinski definition) is 4. The number of hydrogen-bond donors (Lipinski definition) is 1. The fourth-order valence-electron chi connectivity index (χ4n) is 4.74. The molecule has 2 aliphatic heterocycles. The number of carboxylic acid groups (broad SMARTS) is 1. The third-order valence-electron chi connectivity index (χ3n) is 6.64. The Kier molecular flexibility index (Phi) is 7.97. The maximum Gasteiger partial charge on any atom is 0.304 e. The molecule has 0 saturated carbocycles. The fraction of sp³-hybridized carbons (Fsp3) is 0.480. The lowest BCUT2D eigenvalue weighted by Crippen LogP contribution is -2.44. The van der Waals surface area contributed by atoms with E-state index >= 15 is 0 Å². The number of carbonyl (C=O) groups is 1. The molecule has 0 atom stereocenters. The third kappa shape index (κ3) is 5.16. The molecule has 0 unspecified atom stereocenters. The maximum atomic E-state index is 10.8. The first-order valence-electron chi connectivity index (χ1n) is 11.0. The van der Waals surface area contributed by atoms with E-state index in [1.807, 2.05) is 24.3 Å². The van der Waals surface area contributed by atoms with E-state index in [4.69, 9.17) is 26.2 Å². The van der Waals surface area contributed by atoms with Crippen molar-refractivity contribution < 1.29 is 19.4 Å². The van der Waals surface area contributed by atoms with Crippen LogP contribution in [0.2, 0.25) is 5.02 Å². The van der Waals surface area contributed by atoms with E-state index in [0.29, 0.717) is 25.7 Å². The van der Waals surface area contributed by atoms with Gasteiger partial charge in [-0.15, -0.1) is 12.4 Å². The van der Waals surface area contributed by atoms with Crippen LogP contribution in [0, 0.1) is 0 Å². The SMILES string of the molecule is CC(C)c1cccc(Cl)c1COc1ccc2c(c1)OCC21CCN(CCC(=O)O)CC1.Cl. The minimum atomic E-state index is -0.736. The van der Waals surface area contributed by atoms with Crippen molar-refractivity contribution in [3.63, 3.8) is 0 Å². The summed E-state index contributed by atoms with van der Waals surface area (Å²) < 4.78 is 12.2. The Labute approximate surface area is 201 Å². The zero-order valence-corrected chi connectivity index (χ0v) is 20.2. The lowest BCUT2D eigenvalue weighted by atomic mass is 9.74. The molecule has 1 N–H and O–H groups in total. The van der Waals surface area contributed by atoms with E-state index in [9.17, 15) is 4.79 Å². The van der Waals surface area contributed by atoms with Gasteiger partial charge in [-0.1, -0.05) is 43.6 Å². The average Bonchev–Trinajstić information content (AvgIpc) is 3.09. The Balaban J connectivity index is 0.00000289. The minimum Gasteiger partial charge on any atom is -0.492 e. The van der Waals surface area contributed by atoms with Gasteiger partial charge in [0, 0.05) is 34.2 Å². The molecule has 32 heavy (non-hydrogen) atoms. The number of fused-ring (bicyclic) bond motifs is 2. The van der Waals surface area contributed by atoms with Crippen molar-refractivity contribution in [2.24, 2.45) is 0 Å². The van der Waals surface area contributed by atoms with Crippen molar-refractivity contribution in [2.75, 3.05) is 26.2 Å². The van der Waals surface area contributed by atoms with Crippen LogP contribution in [0.15, 0.2) is 36.4 Å². The Hall–Kier alpha value is -1.95. The molecule has 0 aromatic heterocycles. The van der Waals surface area contributed by atoms with Gasteiger partial charge in [0.1, 0.15) is 18.1 Å². The van der Waals surface area contributed by atoms with Crippen molar-refractivity contribution in [3.8, 4) is 11.5 Å². The van der Waals surface area contributed by atoms with Gasteiger partial charge in [-0.3, -0.25) is 4.79 Å². The summed E-state index contributed by atoms with van der Waals surface area (Å²) in [6, 6.07) is 12.2. The highest BCUT2D eigenvalue weighted by Gasteiger charge is 2.43. The van der Waals surface area contributed by atoms with Crippen molar-refractivity contribution >= 4 is 30.0 Å². The molecule has 1 spiro atoms. The van der Waals surface area contributed by atoms with Crippen LogP contribution in [0.5, 0.6) is 11.5 Å². The molecule has 0 bridgehead atoms. The van der Waals surface area contributed by atoms with Gasteiger partial charge in [-0.25, -0.2) is 0 Å². The predicted molar refractivity (Wildman–Crippen MR) is 129 cm³/mol. The predicted octanol–water partition coefficient (Wildman–Crippen LogP) is 5.66. The number of benzene rings is 2. The van der Waals surface area contributed by atoms with Gasteiger partial charge in [-0.2, -0.15) is 0 Å². The number of carboxylic acids is 1. The molecule has 0 aliphatic carbocycles. The number of piperidine rings is 1.